The van der Waals surface area contributed by atoms with Crippen LogP contribution < -0.4 is 5.32 Å². The first kappa shape index (κ1) is 28.3. The van der Waals surface area contributed by atoms with E-state index >= 15 is 0 Å². The molecule has 4 aliphatic carbocycles. The van der Waals surface area contributed by atoms with E-state index < -0.39 is 6.09 Å². The van der Waals surface area contributed by atoms with Gasteiger partial charge in [-0.1, -0.05) is 31.5 Å². The van der Waals surface area contributed by atoms with E-state index in [0.29, 0.717) is 54.8 Å². The van der Waals surface area contributed by atoms with Crippen LogP contribution in [0.15, 0.2) is 16.8 Å². The summed E-state index contributed by atoms with van der Waals surface area (Å²) < 4.78 is 4.87. The van der Waals surface area contributed by atoms with Crippen molar-refractivity contribution in [2.45, 2.75) is 91.5 Å². The van der Waals surface area contributed by atoms with Crippen molar-refractivity contribution in [2.75, 3.05) is 26.2 Å². The Balaban J connectivity index is 1.25. The van der Waals surface area contributed by atoms with Crippen LogP contribution in [0.3, 0.4) is 0 Å². The van der Waals surface area contributed by atoms with Crippen molar-refractivity contribution < 1.29 is 24.0 Å². The summed E-state index contributed by atoms with van der Waals surface area (Å²) in [5.41, 5.74) is 2.66. The van der Waals surface area contributed by atoms with Gasteiger partial charge in [0.1, 0.15) is 6.61 Å². The van der Waals surface area contributed by atoms with Gasteiger partial charge in [-0.05, 0) is 105 Å². The lowest BCUT2D eigenvalue weighted by atomic mass is 9.46. The molecule has 0 spiro atoms. The maximum atomic E-state index is 13.1. The Morgan fingerprint density at radius 3 is 2.72 bits per heavy atom. The number of ether oxygens (including phenoxy) is 1. The lowest BCUT2D eigenvalue weighted by Crippen LogP contribution is -2.51. The number of carbonyl (C=O) groups is 3. The summed E-state index contributed by atoms with van der Waals surface area (Å²) in [6.45, 7) is 11.3. The zero-order valence-corrected chi connectivity index (χ0v) is 24.2. The molecular weight excluding hydrogens is 494 g/mol. The number of carbonyl (C=O) groups excluding carboxylic acids is 3. The molecule has 4 fully saturated rings. The molecule has 0 bridgehead atoms. The fraction of sp³-hybridized carbons (Fsp3) is 0.806. The molecule has 0 aromatic heterocycles. The van der Waals surface area contributed by atoms with Crippen LogP contribution in [0.5, 0.6) is 0 Å². The Morgan fingerprint density at radius 1 is 1.15 bits per heavy atom. The van der Waals surface area contributed by atoms with Crippen molar-refractivity contribution in [3.63, 3.8) is 0 Å². The van der Waals surface area contributed by atoms with Gasteiger partial charge in [0.25, 0.3) is 6.47 Å². The van der Waals surface area contributed by atoms with Gasteiger partial charge in [0.05, 0.1) is 12.3 Å². The molecular formula is C31H47N3O5. The molecule has 5 rings (SSSR count). The van der Waals surface area contributed by atoms with Gasteiger partial charge in [0.15, 0.2) is 5.78 Å². The van der Waals surface area contributed by atoms with Gasteiger partial charge in [-0.2, -0.15) is 0 Å². The highest BCUT2D eigenvalue weighted by atomic mass is 16.7. The van der Waals surface area contributed by atoms with E-state index in [1.807, 2.05) is 13.0 Å². The van der Waals surface area contributed by atoms with Crippen molar-refractivity contribution in [3.8, 4) is 0 Å². The normalized spacial score (nSPS) is 39.7. The van der Waals surface area contributed by atoms with Crippen molar-refractivity contribution in [1.29, 1.82) is 0 Å². The van der Waals surface area contributed by atoms with Gasteiger partial charge in [-0.25, -0.2) is 4.79 Å². The number of nitrogens with one attached hydrogen (secondary N) is 1. The molecule has 1 N–H and O–H groups in total. The number of oxime groups is 1. The molecule has 0 radical (unpaired) electrons. The van der Waals surface area contributed by atoms with Crippen LogP contribution in [0.25, 0.3) is 0 Å². The zero-order chi connectivity index (χ0) is 27.8. The molecule has 2 unspecified atom stereocenters. The van der Waals surface area contributed by atoms with Crippen molar-refractivity contribution in [2.24, 2.45) is 45.6 Å². The largest absolute Gasteiger partial charge is 0.466 e. The summed E-state index contributed by atoms with van der Waals surface area (Å²) in [4.78, 5) is 43.0. The molecule has 8 nitrogen and oxygen atoms in total. The number of amides is 1. The van der Waals surface area contributed by atoms with Crippen LogP contribution in [0.1, 0.15) is 85.5 Å². The Bertz CT molecular complexity index is 1030. The summed E-state index contributed by atoms with van der Waals surface area (Å²) in [6, 6.07) is 0.193. The molecule has 1 heterocycles. The van der Waals surface area contributed by atoms with Gasteiger partial charge in [-0.3, -0.25) is 14.4 Å². The Kier molecular flexibility index (Phi) is 8.23. The fourth-order valence-electron chi connectivity index (χ4n) is 9.33. The van der Waals surface area contributed by atoms with E-state index in [2.05, 4.69) is 31.2 Å². The molecule has 1 saturated heterocycles. The lowest BCUT2D eigenvalue weighted by molar-refractivity contribution is -0.129. The molecule has 3 saturated carbocycles. The number of allylic oxidation sites excluding steroid dienone is 1. The van der Waals surface area contributed by atoms with E-state index in [1.54, 1.807) is 4.90 Å². The minimum Gasteiger partial charge on any atom is -0.466 e. The number of fused-ring (bicyclic) bond motifs is 5. The monoisotopic (exact) mass is 541 g/mol. The first-order valence-corrected chi connectivity index (χ1v) is 15.2. The summed E-state index contributed by atoms with van der Waals surface area (Å²) >= 11 is 0. The number of hydrogen-bond acceptors (Lipinski definition) is 7. The second kappa shape index (κ2) is 11.3. The number of hydrogen-bond donors (Lipinski definition) is 1. The molecule has 0 aromatic carbocycles. The Morgan fingerprint density at radius 2 is 1.97 bits per heavy atom. The smallest absolute Gasteiger partial charge is 0.436 e. The standard InChI is InChI=1S/C31H47N3O5/c1-20-11-14-32-28(20)18-34(15-16-38-19-35)29(37)39-33-21(2)25-7-8-26-24-6-5-22-17-23(36)9-12-30(22,3)27(24)10-13-31(25,26)4/h17,19-20,24-28,32H,5-16,18H2,1-4H3/b33-21+/t20?,24-,25+,26-,27-,28?,30-,31+/m0/s1. The quantitative estimate of drug-likeness (QED) is 0.151. The fourth-order valence-corrected chi connectivity index (χ4v) is 9.33. The highest BCUT2D eigenvalue weighted by molar-refractivity contribution is 5.91. The summed E-state index contributed by atoms with van der Waals surface area (Å²) in [6.07, 6.45) is 11.1. The zero-order valence-electron chi connectivity index (χ0n) is 24.2. The van der Waals surface area contributed by atoms with Gasteiger partial charge < -0.3 is 15.0 Å². The number of nitrogens with zero attached hydrogens (tertiary/aromatic N) is 2. The topological polar surface area (TPSA) is 97.3 Å². The van der Waals surface area contributed by atoms with Crippen LogP contribution in [-0.2, 0) is 19.2 Å². The summed E-state index contributed by atoms with van der Waals surface area (Å²) in [7, 11) is 0. The highest BCUT2D eigenvalue weighted by Crippen LogP contribution is 2.66. The third-order valence-corrected chi connectivity index (χ3v) is 11.6. The van der Waals surface area contributed by atoms with Crippen LogP contribution in [-0.4, -0.2) is 61.2 Å². The molecule has 5 aliphatic rings. The summed E-state index contributed by atoms with van der Waals surface area (Å²) in [5, 5.41) is 7.88. The van der Waals surface area contributed by atoms with E-state index in [-0.39, 0.29) is 30.0 Å². The Labute approximate surface area is 233 Å². The second-order valence-corrected chi connectivity index (χ2v) is 13.5. The molecule has 216 valence electrons. The van der Waals surface area contributed by atoms with E-state index in [9.17, 15) is 14.4 Å². The van der Waals surface area contributed by atoms with Crippen LogP contribution in [0.2, 0.25) is 0 Å². The van der Waals surface area contributed by atoms with E-state index in [4.69, 9.17) is 9.57 Å². The van der Waals surface area contributed by atoms with Gasteiger partial charge in [0, 0.05) is 24.9 Å². The van der Waals surface area contributed by atoms with Gasteiger partial charge in [0.2, 0.25) is 0 Å². The molecule has 1 amide bonds. The lowest BCUT2D eigenvalue weighted by Gasteiger charge is -2.58. The molecule has 1 aliphatic heterocycles. The number of rotatable bonds is 8. The maximum Gasteiger partial charge on any atom is 0.436 e. The van der Waals surface area contributed by atoms with Crippen LogP contribution in [0.4, 0.5) is 4.79 Å². The maximum absolute atomic E-state index is 13.1. The minimum absolute atomic E-state index is 0.136. The summed E-state index contributed by atoms with van der Waals surface area (Å²) in [5.74, 6) is 3.07. The molecule has 39 heavy (non-hydrogen) atoms. The average Bonchev–Trinajstić information content (AvgIpc) is 3.49. The molecule has 0 aromatic rings. The van der Waals surface area contributed by atoms with Crippen LogP contribution in [0, 0.1) is 40.4 Å². The average molecular weight is 542 g/mol. The van der Waals surface area contributed by atoms with E-state index in [0.717, 1.165) is 44.4 Å². The third-order valence-electron chi connectivity index (χ3n) is 11.6. The van der Waals surface area contributed by atoms with Crippen LogP contribution >= 0.6 is 0 Å². The Hall–Kier alpha value is -2.22. The molecule has 8 heteroatoms. The van der Waals surface area contributed by atoms with Gasteiger partial charge >= 0.3 is 6.09 Å². The predicted octanol–water partition coefficient (Wildman–Crippen LogP) is 5.12. The van der Waals surface area contributed by atoms with Crippen molar-refractivity contribution in [1.82, 2.24) is 10.2 Å². The van der Waals surface area contributed by atoms with Crippen molar-refractivity contribution in [3.05, 3.63) is 11.6 Å². The third kappa shape index (κ3) is 5.30. The predicted molar refractivity (Wildman–Crippen MR) is 149 cm³/mol. The SMILES string of the molecule is C/C(=N\OC(=O)N(CCOC=O)CC1NCCC1C)[C@H]1CC[C@H]2[C@@H]3CCC4=CC(=O)CC[C@]4(C)[C@H]3CC[C@]12C. The minimum atomic E-state index is -0.487. The van der Waals surface area contributed by atoms with E-state index in [1.165, 1.54) is 24.8 Å². The molecule has 8 atom stereocenters. The first-order valence-electron chi connectivity index (χ1n) is 15.2. The number of ketones is 1. The first-order chi connectivity index (χ1) is 18.7. The second-order valence-electron chi connectivity index (χ2n) is 13.5. The highest BCUT2D eigenvalue weighted by Gasteiger charge is 2.59. The van der Waals surface area contributed by atoms with Crippen molar-refractivity contribution >= 4 is 24.1 Å². The van der Waals surface area contributed by atoms with Gasteiger partial charge in [-0.15, -0.1) is 0 Å².